The first-order chi connectivity index (χ1) is 17.1. The first kappa shape index (κ1) is 26.8. The number of ether oxygens (including phenoxy) is 2. The van der Waals surface area contributed by atoms with Crippen LogP contribution in [-0.4, -0.2) is 52.5 Å². The highest BCUT2D eigenvalue weighted by Gasteiger charge is 2.40. The van der Waals surface area contributed by atoms with Gasteiger partial charge in [0, 0.05) is 29.2 Å². The largest absolute Gasteiger partial charge is 0.465 e. The molecule has 0 spiro atoms. The second-order valence-corrected chi connectivity index (χ2v) is 9.95. The third-order valence-electron chi connectivity index (χ3n) is 6.21. The van der Waals surface area contributed by atoms with Crippen LogP contribution in [0.15, 0.2) is 60.7 Å². The van der Waals surface area contributed by atoms with Crippen LogP contribution >= 0.6 is 0 Å². The zero-order valence-corrected chi connectivity index (χ0v) is 21.0. The highest BCUT2D eigenvalue weighted by molar-refractivity contribution is 5.84. The predicted octanol–water partition coefficient (Wildman–Crippen LogP) is 5.48. The van der Waals surface area contributed by atoms with Crippen molar-refractivity contribution in [2.24, 2.45) is 5.92 Å². The molecule has 9 heteroatoms. The third-order valence-corrected chi connectivity index (χ3v) is 6.21. The zero-order valence-electron chi connectivity index (χ0n) is 21.0. The van der Waals surface area contributed by atoms with Crippen molar-refractivity contribution in [3.63, 3.8) is 0 Å². The molecule has 1 aliphatic rings. The molecule has 1 saturated carbocycles. The van der Waals surface area contributed by atoms with Gasteiger partial charge in [-0.2, -0.15) is 0 Å². The molecule has 2 aromatic carbocycles. The Morgan fingerprint density at radius 3 is 2.19 bits per heavy atom. The van der Waals surface area contributed by atoms with Gasteiger partial charge in [0.2, 0.25) is 0 Å². The molecule has 194 valence electrons. The smallest absolute Gasteiger partial charge is 0.411 e. The third kappa shape index (κ3) is 7.90. The maximum absolute atomic E-state index is 12.5. The minimum atomic E-state index is -0.998. The van der Waals surface area contributed by atoms with Crippen LogP contribution in [0.2, 0.25) is 0 Å². The summed E-state index contributed by atoms with van der Waals surface area (Å²) in [6.07, 6.45) is -0.639. The lowest BCUT2D eigenvalue weighted by Crippen LogP contribution is -2.56. The normalized spacial score (nSPS) is 19.6. The van der Waals surface area contributed by atoms with Crippen molar-refractivity contribution in [1.82, 2.24) is 10.2 Å². The molecule has 1 aliphatic carbocycles. The van der Waals surface area contributed by atoms with Gasteiger partial charge < -0.3 is 24.8 Å². The van der Waals surface area contributed by atoms with E-state index in [-0.39, 0.29) is 31.2 Å². The van der Waals surface area contributed by atoms with Gasteiger partial charge >= 0.3 is 18.3 Å². The molecule has 3 atom stereocenters. The molecule has 3 unspecified atom stereocenters. The molecule has 36 heavy (non-hydrogen) atoms. The molecule has 3 rings (SSSR count). The van der Waals surface area contributed by atoms with E-state index in [0.29, 0.717) is 24.9 Å². The van der Waals surface area contributed by atoms with Crippen LogP contribution in [0.5, 0.6) is 0 Å². The molecule has 0 bridgehead atoms. The van der Waals surface area contributed by atoms with Crippen molar-refractivity contribution in [3.05, 3.63) is 66.2 Å². The van der Waals surface area contributed by atoms with E-state index in [4.69, 9.17) is 9.47 Å². The van der Waals surface area contributed by atoms with Crippen molar-refractivity contribution >= 4 is 24.0 Å². The second-order valence-electron chi connectivity index (χ2n) is 9.95. The minimum absolute atomic E-state index is 0.0242. The van der Waals surface area contributed by atoms with E-state index in [1.54, 1.807) is 24.3 Å². The van der Waals surface area contributed by atoms with Crippen molar-refractivity contribution in [3.8, 4) is 0 Å². The fourth-order valence-electron chi connectivity index (χ4n) is 4.61. The van der Waals surface area contributed by atoms with Gasteiger partial charge in [-0.25, -0.2) is 14.4 Å². The van der Waals surface area contributed by atoms with Crippen LogP contribution in [0.25, 0.3) is 0 Å². The number of carboxylic acid groups (broad SMARTS) is 1. The lowest BCUT2D eigenvalue weighted by atomic mass is 9.80. The van der Waals surface area contributed by atoms with E-state index in [2.05, 4.69) is 10.6 Å². The van der Waals surface area contributed by atoms with E-state index in [1.807, 2.05) is 57.2 Å². The summed E-state index contributed by atoms with van der Waals surface area (Å²) in [5, 5.41) is 15.4. The fourth-order valence-corrected chi connectivity index (χ4v) is 4.61. The molecule has 0 radical (unpaired) electrons. The first-order valence-corrected chi connectivity index (χ1v) is 12.1. The molecular formula is C27H35N3O6. The van der Waals surface area contributed by atoms with E-state index >= 15 is 0 Å². The number of amides is 3. The Kier molecular flexibility index (Phi) is 9.16. The number of benzene rings is 2. The summed E-state index contributed by atoms with van der Waals surface area (Å²) in [6.45, 7) is 5.72. The fraction of sp³-hybridized carbons (Fsp3) is 0.444. The summed E-state index contributed by atoms with van der Waals surface area (Å²) >= 11 is 0. The van der Waals surface area contributed by atoms with Gasteiger partial charge in [0.1, 0.15) is 6.61 Å². The number of nitrogens with zero attached hydrogens (tertiary/aromatic N) is 1. The van der Waals surface area contributed by atoms with Crippen LogP contribution < -0.4 is 10.6 Å². The van der Waals surface area contributed by atoms with Crippen LogP contribution in [0.1, 0.15) is 45.6 Å². The average Bonchev–Trinajstić information content (AvgIpc) is 2.83. The van der Waals surface area contributed by atoms with Gasteiger partial charge in [0.15, 0.2) is 0 Å². The van der Waals surface area contributed by atoms with Crippen molar-refractivity contribution in [1.29, 1.82) is 0 Å². The SMILES string of the molecule is CC(C)(C)N(C(=O)O)C1CCC(NC(=O)OCc2ccccc2)C(COC(=O)Nc2ccccc2)C1. The standard InChI is InChI=1S/C27H35N3O6/c1-27(2,3)30(26(33)34)22-14-15-23(29-25(32)35-17-19-10-6-4-7-11-19)20(16-22)18-36-24(31)28-21-12-8-5-9-13-21/h4-13,20,22-23H,14-18H2,1-3H3,(H,28,31)(H,29,32)(H,33,34). The molecule has 0 saturated heterocycles. The number of carbonyl (C=O) groups excluding carboxylic acids is 2. The number of anilines is 1. The average molecular weight is 498 g/mol. The highest BCUT2D eigenvalue weighted by Crippen LogP contribution is 2.32. The Labute approximate surface area is 211 Å². The molecule has 0 aromatic heterocycles. The van der Waals surface area contributed by atoms with Crippen LogP contribution in [0.4, 0.5) is 20.1 Å². The summed E-state index contributed by atoms with van der Waals surface area (Å²) in [6, 6.07) is 17.7. The van der Waals surface area contributed by atoms with Gasteiger partial charge in [-0.1, -0.05) is 48.5 Å². The maximum Gasteiger partial charge on any atom is 0.411 e. The number of rotatable bonds is 7. The monoisotopic (exact) mass is 497 g/mol. The number of hydrogen-bond donors (Lipinski definition) is 3. The van der Waals surface area contributed by atoms with Gasteiger partial charge in [-0.3, -0.25) is 5.32 Å². The van der Waals surface area contributed by atoms with Gasteiger partial charge in [-0.05, 0) is 57.7 Å². The topological polar surface area (TPSA) is 117 Å². The van der Waals surface area contributed by atoms with Gasteiger partial charge in [0.05, 0.1) is 6.61 Å². The summed E-state index contributed by atoms with van der Waals surface area (Å²) < 4.78 is 10.9. The summed E-state index contributed by atoms with van der Waals surface area (Å²) in [4.78, 5) is 38.4. The Morgan fingerprint density at radius 2 is 1.58 bits per heavy atom. The van der Waals surface area contributed by atoms with E-state index in [1.165, 1.54) is 4.90 Å². The van der Waals surface area contributed by atoms with Crippen molar-refractivity contribution in [2.75, 3.05) is 11.9 Å². The van der Waals surface area contributed by atoms with Crippen LogP contribution in [-0.2, 0) is 16.1 Å². The Balaban J connectivity index is 1.65. The Bertz CT molecular complexity index is 1010. The number of alkyl carbamates (subject to hydrolysis) is 1. The van der Waals surface area contributed by atoms with Crippen molar-refractivity contribution in [2.45, 2.75) is 64.3 Å². The Morgan fingerprint density at radius 1 is 0.944 bits per heavy atom. The minimum Gasteiger partial charge on any atom is -0.465 e. The highest BCUT2D eigenvalue weighted by atomic mass is 16.6. The number of para-hydroxylation sites is 1. The molecule has 3 amide bonds. The molecule has 9 nitrogen and oxygen atoms in total. The molecule has 1 fully saturated rings. The lowest BCUT2D eigenvalue weighted by molar-refractivity contribution is 0.0259. The second kappa shape index (κ2) is 12.3. The number of carbonyl (C=O) groups is 3. The quantitative estimate of drug-likeness (QED) is 0.466. The van der Waals surface area contributed by atoms with Crippen LogP contribution in [0, 0.1) is 5.92 Å². The van der Waals surface area contributed by atoms with E-state index in [0.717, 1.165) is 5.56 Å². The number of nitrogens with one attached hydrogen (secondary N) is 2. The molecule has 2 aromatic rings. The van der Waals surface area contributed by atoms with E-state index < -0.39 is 23.8 Å². The van der Waals surface area contributed by atoms with Gasteiger partial charge in [0.25, 0.3) is 0 Å². The zero-order chi connectivity index (χ0) is 26.1. The predicted molar refractivity (Wildman–Crippen MR) is 136 cm³/mol. The maximum atomic E-state index is 12.5. The van der Waals surface area contributed by atoms with Crippen LogP contribution in [0.3, 0.4) is 0 Å². The first-order valence-electron chi connectivity index (χ1n) is 12.1. The van der Waals surface area contributed by atoms with Crippen molar-refractivity contribution < 1.29 is 29.0 Å². The summed E-state index contributed by atoms with van der Waals surface area (Å²) in [5.41, 5.74) is 0.880. The lowest BCUT2D eigenvalue weighted by Gasteiger charge is -2.45. The molecular weight excluding hydrogens is 462 g/mol. The summed E-state index contributed by atoms with van der Waals surface area (Å²) in [7, 11) is 0. The number of hydrogen-bond acceptors (Lipinski definition) is 5. The molecule has 0 aliphatic heterocycles. The summed E-state index contributed by atoms with van der Waals surface area (Å²) in [5.74, 6) is -0.293. The molecule has 0 heterocycles. The molecule has 3 N–H and O–H groups in total. The Hall–Kier alpha value is -3.75. The van der Waals surface area contributed by atoms with E-state index in [9.17, 15) is 19.5 Å². The van der Waals surface area contributed by atoms with Gasteiger partial charge in [-0.15, -0.1) is 0 Å².